The highest BCUT2D eigenvalue weighted by Gasteiger charge is 2.21. The molecule has 45 heavy (non-hydrogen) atoms. The van der Waals surface area contributed by atoms with Crippen LogP contribution in [0.1, 0.15) is 27.0 Å². The first kappa shape index (κ1) is 31.2. The SMILES string of the molecule is COc1cc(-c2cccc(-c3cccc(NC(=O)c4cn(C)c(=O)n(C)c4=O)c3C)c2C)cc(F)c1CNC1CNC(=O)NC1. The van der Waals surface area contributed by atoms with Gasteiger partial charge in [0, 0.05) is 57.2 Å². The molecule has 1 aromatic heterocycles. The number of methoxy groups -OCH3 is 1. The summed E-state index contributed by atoms with van der Waals surface area (Å²) in [5, 5.41) is 11.5. The van der Waals surface area contributed by atoms with Gasteiger partial charge in [0.15, 0.2) is 0 Å². The van der Waals surface area contributed by atoms with E-state index < -0.39 is 23.0 Å². The van der Waals surface area contributed by atoms with E-state index >= 15 is 4.39 Å². The number of amides is 3. The molecule has 2 heterocycles. The number of nitrogens with one attached hydrogen (secondary N) is 4. The van der Waals surface area contributed by atoms with Crippen molar-refractivity contribution in [1.82, 2.24) is 25.1 Å². The van der Waals surface area contributed by atoms with E-state index in [4.69, 9.17) is 4.74 Å². The van der Waals surface area contributed by atoms with Gasteiger partial charge in [-0.1, -0.05) is 30.3 Å². The number of nitrogens with zero attached hydrogens (tertiary/aromatic N) is 2. The van der Waals surface area contributed by atoms with Crippen molar-refractivity contribution in [1.29, 1.82) is 0 Å². The van der Waals surface area contributed by atoms with E-state index in [0.29, 0.717) is 35.7 Å². The van der Waals surface area contributed by atoms with Gasteiger partial charge in [0.05, 0.1) is 7.11 Å². The number of hydrogen-bond donors (Lipinski definition) is 4. The van der Waals surface area contributed by atoms with Crippen LogP contribution in [-0.4, -0.2) is 47.3 Å². The average Bonchev–Trinajstić information content (AvgIpc) is 3.03. The molecule has 0 radical (unpaired) electrons. The first-order chi connectivity index (χ1) is 21.5. The summed E-state index contributed by atoms with van der Waals surface area (Å²) in [6.45, 7) is 4.92. The molecular formula is C33H35FN6O5. The summed E-state index contributed by atoms with van der Waals surface area (Å²) in [6.07, 6.45) is 1.23. The number of urea groups is 1. The predicted molar refractivity (Wildman–Crippen MR) is 170 cm³/mol. The highest BCUT2D eigenvalue weighted by atomic mass is 19.1. The number of hydrogen-bond acceptors (Lipinski definition) is 6. The predicted octanol–water partition coefficient (Wildman–Crippen LogP) is 3.21. The van der Waals surface area contributed by atoms with Gasteiger partial charge in [-0.25, -0.2) is 14.0 Å². The second kappa shape index (κ2) is 12.8. The quantitative estimate of drug-likeness (QED) is 0.241. The molecule has 0 saturated carbocycles. The molecule has 0 spiro atoms. The van der Waals surface area contributed by atoms with Crippen LogP contribution in [0.2, 0.25) is 0 Å². The van der Waals surface area contributed by atoms with Gasteiger partial charge in [-0.05, 0) is 65.4 Å². The van der Waals surface area contributed by atoms with Crippen LogP contribution in [0.25, 0.3) is 22.3 Å². The number of carbonyl (C=O) groups excluding carboxylic acids is 2. The number of carbonyl (C=O) groups is 2. The molecule has 0 atom stereocenters. The molecule has 1 aliphatic heterocycles. The van der Waals surface area contributed by atoms with Gasteiger partial charge >= 0.3 is 11.7 Å². The summed E-state index contributed by atoms with van der Waals surface area (Å²) in [5.74, 6) is -0.640. The third-order valence-corrected chi connectivity index (χ3v) is 8.17. The van der Waals surface area contributed by atoms with Crippen LogP contribution in [0, 0.1) is 19.7 Å². The fourth-order valence-corrected chi connectivity index (χ4v) is 5.53. The lowest BCUT2D eigenvalue weighted by Gasteiger charge is -2.25. The fourth-order valence-electron chi connectivity index (χ4n) is 5.53. The maximum atomic E-state index is 15.5. The number of benzene rings is 3. The molecule has 1 fully saturated rings. The number of aryl methyl sites for hydroxylation is 1. The Morgan fingerprint density at radius 3 is 2.31 bits per heavy atom. The van der Waals surface area contributed by atoms with Crippen molar-refractivity contribution >= 4 is 17.6 Å². The third kappa shape index (κ3) is 6.22. The molecule has 1 saturated heterocycles. The molecule has 3 amide bonds. The van der Waals surface area contributed by atoms with E-state index in [2.05, 4.69) is 21.3 Å². The Hall–Kier alpha value is -5.23. The van der Waals surface area contributed by atoms with Gasteiger partial charge in [0.1, 0.15) is 17.1 Å². The molecule has 0 unspecified atom stereocenters. The van der Waals surface area contributed by atoms with Crippen LogP contribution in [0.15, 0.2) is 64.3 Å². The van der Waals surface area contributed by atoms with E-state index in [-0.39, 0.29) is 24.2 Å². The molecule has 5 rings (SSSR count). The van der Waals surface area contributed by atoms with Crippen molar-refractivity contribution in [3.8, 4) is 28.0 Å². The Morgan fingerprint density at radius 1 is 0.978 bits per heavy atom. The zero-order chi connectivity index (χ0) is 32.4. The van der Waals surface area contributed by atoms with Gasteiger partial charge in [0.25, 0.3) is 11.5 Å². The van der Waals surface area contributed by atoms with Gasteiger partial charge in [-0.3, -0.25) is 14.2 Å². The summed E-state index contributed by atoms with van der Waals surface area (Å²) in [6, 6.07) is 14.3. The molecule has 4 aromatic rings. The highest BCUT2D eigenvalue weighted by molar-refractivity contribution is 6.04. The van der Waals surface area contributed by atoms with Crippen molar-refractivity contribution in [2.24, 2.45) is 14.1 Å². The fraction of sp³-hybridized carbons (Fsp3) is 0.273. The van der Waals surface area contributed by atoms with Crippen LogP contribution in [0.3, 0.4) is 0 Å². The number of ether oxygens (including phenoxy) is 1. The molecule has 234 valence electrons. The molecule has 4 N–H and O–H groups in total. The number of aromatic nitrogens is 2. The minimum atomic E-state index is -0.683. The lowest BCUT2D eigenvalue weighted by Crippen LogP contribution is -2.56. The highest BCUT2D eigenvalue weighted by Crippen LogP contribution is 2.37. The standard InChI is InChI=1S/C33H35FN6O5/c1-18-22(20-12-27(34)25(29(13-20)45-5)16-35-21-14-36-32(43)37-15-21)8-6-9-23(18)24-10-7-11-28(19(24)2)38-30(41)26-17-39(3)33(44)40(4)31(26)42/h6-13,17,21,35H,14-16H2,1-5H3,(H,38,41)(H2,36,37,43). The largest absolute Gasteiger partial charge is 0.496 e. The molecular weight excluding hydrogens is 579 g/mol. The van der Waals surface area contributed by atoms with Crippen molar-refractivity contribution in [2.75, 3.05) is 25.5 Å². The Kier molecular flexibility index (Phi) is 8.87. The Labute approximate surface area is 259 Å². The minimum absolute atomic E-state index is 0.0547. The lowest BCUT2D eigenvalue weighted by molar-refractivity contribution is 0.102. The molecule has 1 aliphatic rings. The zero-order valence-corrected chi connectivity index (χ0v) is 25.7. The maximum absolute atomic E-state index is 15.5. The topological polar surface area (TPSA) is 135 Å². The van der Waals surface area contributed by atoms with E-state index in [9.17, 15) is 19.2 Å². The third-order valence-electron chi connectivity index (χ3n) is 8.17. The van der Waals surface area contributed by atoms with Gasteiger partial charge in [-0.15, -0.1) is 0 Å². The van der Waals surface area contributed by atoms with E-state index in [0.717, 1.165) is 32.4 Å². The number of rotatable bonds is 8. The lowest BCUT2D eigenvalue weighted by atomic mass is 9.90. The normalized spacial score (nSPS) is 13.2. The first-order valence-electron chi connectivity index (χ1n) is 14.4. The average molecular weight is 615 g/mol. The van der Waals surface area contributed by atoms with E-state index in [1.807, 2.05) is 44.2 Å². The van der Waals surface area contributed by atoms with Crippen molar-refractivity contribution in [3.63, 3.8) is 0 Å². The monoisotopic (exact) mass is 614 g/mol. The smallest absolute Gasteiger partial charge is 0.330 e. The Bertz CT molecular complexity index is 1920. The molecule has 12 heteroatoms. The van der Waals surface area contributed by atoms with Crippen LogP contribution >= 0.6 is 0 Å². The molecule has 0 aliphatic carbocycles. The maximum Gasteiger partial charge on any atom is 0.330 e. The number of halogens is 1. The van der Waals surface area contributed by atoms with E-state index in [1.165, 1.54) is 38.0 Å². The van der Waals surface area contributed by atoms with Crippen LogP contribution in [0.5, 0.6) is 5.75 Å². The van der Waals surface area contributed by atoms with Crippen LogP contribution < -0.4 is 37.3 Å². The van der Waals surface area contributed by atoms with Crippen molar-refractivity contribution in [2.45, 2.75) is 26.4 Å². The summed E-state index contributed by atoms with van der Waals surface area (Å²) in [4.78, 5) is 49.1. The Morgan fingerprint density at radius 2 is 1.62 bits per heavy atom. The Balaban J connectivity index is 1.44. The van der Waals surface area contributed by atoms with Gasteiger partial charge < -0.3 is 30.6 Å². The summed E-state index contributed by atoms with van der Waals surface area (Å²) in [5.41, 5.74) is 4.39. The molecule has 0 bridgehead atoms. The summed E-state index contributed by atoms with van der Waals surface area (Å²) < 4.78 is 23.2. The van der Waals surface area contributed by atoms with Gasteiger partial charge in [0.2, 0.25) is 0 Å². The second-order valence-electron chi connectivity index (χ2n) is 11.0. The molecule has 3 aromatic carbocycles. The van der Waals surface area contributed by atoms with Crippen LogP contribution in [-0.2, 0) is 20.6 Å². The van der Waals surface area contributed by atoms with Crippen molar-refractivity contribution in [3.05, 3.63) is 104 Å². The van der Waals surface area contributed by atoms with E-state index in [1.54, 1.807) is 12.1 Å². The number of anilines is 1. The van der Waals surface area contributed by atoms with Gasteiger partial charge in [-0.2, -0.15) is 0 Å². The molecule has 11 nitrogen and oxygen atoms in total. The van der Waals surface area contributed by atoms with Crippen molar-refractivity contribution < 1.29 is 18.7 Å². The summed E-state index contributed by atoms with van der Waals surface area (Å²) in [7, 11) is 4.30. The van der Waals surface area contributed by atoms with Crippen LogP contribution in [0.4, 0.5) is 14.9 Å². The first-order valence-corrected chi connectivity index (χ1v) is 14.4. The zero-order valence-electron chi connectivity index (χ0n) is 25.7. The summed E-state index contributed by atoms with van der Waals surface area (Å²) >= 11 is 0. The second-order valence-corrected chi connectivity index (χ2v) is 11.0. The minimum Gasteiger partial charge on any atom is -0.496 e.